The maximum absolute atomic E-state index is 14.0. The van der Waals surface area contributed by atoms with Crippen LogP contribution in [-0.4, -0.2) is 51.3 Å². The molecule has 39 heavy (non-hydrogen) atoms. The van der Waals surface area contributed by atoms with Crippen LogP contribution in [0.1, 0.15) is 82.5 Å². The van der Waals surface area contributed by atoms with Crippen molar-refractivity contribution in [2.45, 2.75) is 88.2 Å². The third-order valence-electron chi connectivity index (χ3n) is 7.56. The van der Waals surface area contributed by atoms with Gasteiger partial charge in [-0.2, -0.15) is 0 Å². The monoisotopic (exact) mass is 558 g/mol. The predicted octanol–water partition coefficient (Wildman–Crippen LogP) is 4.50. The van der Waals surface area contributed by atoms with Crippen molar-refractivity contribution in [3.63, 3.8) is 0 Å². The summed E-state index contributed by atoms with van der Waals surface area (Å²) in [5.74, 6) is -0.388. The molecular weight excluding hydrogens is 516 g/mol. The number of amides is 1. The van der Waals surface area contributed by atoms with Crippen LogP contribution >= 0.6 is 0 Å². The SMILES string of the molecule is CCCC[C@]1(CC)CS(=O)(=O)c2cc(CCC(=O)NC(C)(C)C(=O)OC)c(OC)cc2[C@@H](c2ccccc2)N1. The first-order chi connectivity index (χ1) is 18.4. The van der Waals surface area contributed by atoms with Crippen molar-refractivity contribution in [3.8, 4) is 5.75 Å². The van der Waals surface area contributed by atoms with Gasteiger partial charge in [-0.25, -0.2) is 13.2 Å². The van der Waals surface area contributed by atoms with E-state index in [0.717, 1.165) is 24.8 Å². The van der Waals surface area contributed by atoms with Crippen molar-refractivity contribution < 1.29 is 27.5 Å². The molecule has 2 aromatic rings. The number of nitrogens with one attached hydrogen (secondary N) is 2. The topological polar surface area (TPSA) is 111 Å². The van der Waals surface area contributed by atoms with Crippen LogP contribution in [0.25, 0.3) is 0 Å². The van der Waals surface area contributed by atoms with Gasteiger partial charge in [-0.1, -0.05) is 57.0 Å². The van der Waals surface area contributed by atoms with Crippen molar-refractivity contribution in [2.24, 2.45) is 0 Å². The molecule has 214 valence electrons. The Morgan fingerprint density at radius 1 is 1.13 bits per heavy atom. The van der Waals surface area contributed by atoms with E-state index in [4.69, 9.17) is 9.47 Å². The second-order valence-electron chi connectivity index (χ2n) is 10.9. The molecule has 0 saturated carbocycles. The Labute approximate surface area is 232 Å². The van der Waals surface area contributed by atoms with Crippen LogP contribution in [-0.2, 0) is 30.6 Å². The Morgan fingerprint density at radius 2 is 1.82 bits per heavy atom. The second-order valence-corrected chi connectivity index (χ2v) is 12.8. The summed E-state index contributed by atoms with van der Waals surface area (Å²) in [6.45, 7) is 7.29. The van der Waals surface area contributed by atoms with E-state index in [1.807, 2.05) is 37.3 Å². The van der Waals surface area contributed by atoms with Gasteiger partial charge >= 0.3 is 5.97 Å². The zero-order valence-electron chi connectivity index (χ0n) is 23.9. The van der Waals surface area contributed by atoms with E-state index in [9.17, 15) is 18.0 Å². The number of hydrogen-bond acceptors (Lipinski definition) is 7. The van der Waals surface area contributed by atoms with E-state index < -0.39 is 26.9 Å². The summed E-state index contributed by atoms with van der Waals surface area (Å²) in [7, 11) is -0.870. The number of carbonyl (C=O) groups is 2. The summed E-state index contributed by atoms with van der Waals surface area (Å²) in [6.07, 6.45) is 3.60. The van der Waals surface area contributed by atoms with Crippen LogP contribution in [0.2, 0.25) is 0 Å². The summed E-state index contributed by atoms with van der Waals surface area (Å²) in [5, 5.41) is 6.45. The first-order valence-corrected chi connectivity index (χ1v) is 15.2. The van der Waals surface area contributed by atoms with Gasteiger partial charge in [0.25, 0.3) is 0 Å². The average Bonchev–Trinajstić information content (AvgIpc) is 3.01. The number of carbonyl (C=O) groups excluding carboxylic acids is 2. The molecule has 2 aromatic carbocycles. The molecular formula is C30H42N2O6S. The molecule has 0 aliphatic carbocycles. The molecule has 0 radical (unpaired) electrons. The summed E-state index contributed by atoms with van der Waals surface area (Å²) in [4.78, 5) is 24.9. The van der Waals surface area contributed by atoms with Gasteiger partial charge in [-0.3, -0.25) is 10.1 Å². The lowest BCUT2D eigenvalue weighted by Gasteiger charge is -2.36. The number of fused-ring (bicyclic) bond motifs is 1. The summed E-state index contributed by atoms with van der Waals surface area (Å²) >= 11 is 0. The molecule has 2 atom stereocenters. The van der Waals surface area contributed by atoms with E-state index in [1.165, 1.54) is 7.11 Å². The number of benzene rings is 2. The lowest BCUT2D eigenvalue weighted by molar-refractivity contribution is -0.149. The zero-order chi connectivity index (χ0) is 28.8. The number of esters is 1. The number of unbranched alkanes of at least 4 members (excludes halogenated alkanes) is 1. The highest BCUT2D eigenvalue weighted by Crippen LogP contribution is 2.41. The molecule has 2 N–H and O–H groups in total. The number of aryl methyl sites for hydroxylation is 1. The molecule has 8 nitrogen and oxygen atoms in total. The second kappa shape index (κ2) is 12.5. The molecule has 0 bridgehead atoms. The van der Waals surface area contributed by atoms with Gasteiger partial charge in [-0.15, -0.1) is 0 Å². The molecule has 0 fully saturated rings. The van der Waals surface area contributed by atoms with Crippen molar-refractivity contribution in [1.29, 1.82) is 0 Å². The molecule has 1 amide bonds. The molecule has 9 heteroatoms. The van der Waals surface area contributed by atoms with E-state index >= 15 is 0 Å². The lowest BCUT2D eigenvalue weighted by Crippen LogP contribution is -2.50. The Bertz CT molecular complexity index is 1280. The normalized spacial score (nSPS) is 20.4. The van der Waals surface area contributed by atoms with Gasteiger partial charge in [0.2, 0.25) is 5.91 Å². The lowest BCUT2D eigenvalue weighted by atomic mass is 9.87. The fraction of sp³-hybridized carbons (Fsp3) is 0.533. The largest absolute Gasteiger partial charge is 0.496 e. The molecule has 1 aliphatic rings. The van der Waals surface area contributed by atoms with E-state index in [0.29, 0.717) is 23.3 Å². The molecule has 1 heterocycles. The van der Waals surface area contributed by atoms with Crippen molar-refractivity contribution in [2.75, 3.05) is 20.0 Å². The third kappa shape index (κ3) is 7.00. The fourth-order valence-electron chi connectivity index (χ4n) is 5.28. The summed E-state index contributed by atoms with van der Waals surface area (Å²) in [5.41, 5.74) is 0.481. The standard InChI is InChI=1S/C30H42N2O6S/c1-7-9-17-30(8-2)20-39(35,36)25-18-22(15-16-26(33)31-29(3,4)28(34)38-6)24(37-5)19-23(25)27(32-30)21-13-11-10-12-14-21/h10-14,18-19,27,32H,7-9,15-17,20H2,1-6H3,(H,31,33)/t27-,30-/m1/s1. The van der Waals surface area contributed by atoms with Crippen LogP contribution in [0.4, 0.5) is 0 Å². The van der Waals surface area contributed by atoms with Gasteiger partial charge in [0.05, 0.1) is 30.9 Å². The van der Waals surface area contributed by atoms with Crippen LogP contribution in [0, 0.1) is 0 Å². The number of hydrogen-bond donors (Lipinski definition) is 2. The van der Waals surface area contributed by atoms with Gasteiger partial charge in [0.1, 0.15) is 11.3 Å². The first-order valence-electron chi connectivity index (χ1n) is 13.6. The van der Waals surface area contributed by atoms with Crippen LogP contribution in [0.5, 0.6) is 5.75 Å². The minimum Gasteiger partial charge on any atom is -0.496 e. The minimum atomic E-state index is -3.68. The highest BCUT2D eigenvalue weighted by atomic mass is 32.2. The minimum absolute atomic E-state index is 0.00753. The Kier molecular flexibility index (Phi) is 9.83. The molecule has 3 rings (SSSR count). The maximum atomic E-state index is 14.0. The van der Waals surface area contributed by atoms with Gasteiger partial charge < -0.3 is 14.8 Å². The van der Waals surface area contributed by atoms with Crippen LogP contribution in [0.15, 0.2) is 47.4 Å². The van der Waals surface area contributed by atoms with Gasteiger partial charge in [-0.05, 0) is 61.9 Å². The first kappa shape index (κ1) is 30.6. The zero-order valence-corrected chi connectivity index (χ0v) is 24.7. The smallest absolute Gasteiger partial charge is 0.330 e. The fourth-order valence-corrected chi connectivity index (χ4v) is 7.45. The van der Waals surface area contributed by atoms with Crippen molar-refractivity contribution in [1.82, 2.24) is 10.6 Å². The highest BCUT2D eigenvalue weighted by molar-refractivity contribution is 7.91. The van der Waals surface area contributed by atoms with Crippen LogP contribution < -0.4 is 15.4 Å². The maximum Gasteiger partial charge on any atom is 0.330 e. The van der Waals surface area contributed by atoms with E-state index in [-0.39, 0.29) is 35.4 Å². The summed E-state index contributed by atoms with van der Waals surface area (Å²) < 4.78 is 38.4. The molecule has 1 aliphatic heterocycles. The molecule has 0 aromatic heterocycles. The predicted molar refractivity (Wildman–Crippen MR) is 152 cm³/mol. The highest BCUT2D eigenvalue weighted by Gasteiger charge is 2.42. The quantitative estimate of drug-likeness (QED) is 0.391. The average molecular weight is 559 g/mol. The molecule has 0 unspecified atom stereocenters. The molecule has 0 spiro atoms. The number of rotatable bonds is 11. The number of sulfone groups is 1. The van der Waals surface area contributed by atoms with Crippen molar-refractivity contribution >= 4 is 21.7 Å². The Balaban J connectivity index is 2.06. The molecule has 0 saturated heterocycles. The Morgan fingerprint density at radius 3 is 2.41 bits per heavy atom. The van der Waals surface area contributed by atoms with E-state index in [2.05, 4.69) is 17.6 Å². The number of methoxy groups -OCH3 is 2. The van der Waals surface area contributed by atoms with E-state index in [1.54, 1.807) is 33.1 Å². The number of ether oxygens (including phenoxy) is 2. The van der Waals surface area contributed by atoms with Crippen LogP contribution in [0.3, 0.4) is 0 Å². The Hall–Kier alpha value is -2.91. The van der Waals surface area contributed by atoms with Crippen molar-refractivity contribution in [3.05, 3.63) is 59.2 Å². The van der Waals surface area contributed by atoms with Gasteiger partial charge in [0, 0.05) is 12.0 Å². The summed E-state index contributed by atoms with van der Waals surface area (Å²) in [6, 6.07) is 13.0. The van der Waals surface area contributed by atoms with Gasteiger partial charge in [0.15, 0.2) is 9.84 Å². The third-order valence-corrected chi connectivity index (χ3v) is 9.52.